The van der Waals surface area contributed by atoms with E-state index in [-0.39, 0.29) is 18.0 Å². The van der Waals surface area contributed by atoms with Crippen molar-refractivity contribution in [1.82, 2.24) is 4.57 Å². The average Bonchev–Trinajstić information content (AvgIpc) is 3.46. The van der Waals surface area contributed by atoms with E-state index < -0.39 is 5.97 Å². The third-order valence-corrected chi connectivity index (χ3v) is 5.45. The number of rotatable bonds is 9. The average molecular weight is 443 g/mol. The van der Waals surface area contributed by atoms with E-state index in [2.05, 4.69) is 0 Å². The third-order valence-electron chi connectivity index (χ3n) is 5.45. The van der Waals surface area contributed by atoms with Crippen molar-refractivity contribution in [2.75, 3.05) is 6.61 Å². The minimum Gasteiger partial charge on any atom is -0.488 e. The second-order valence-electron chi connectivity index (χ2n) is 7.72. The molecule has 2 aromatic carbocycles. The molecule has 0 N–H and O–H groups in total. The summed E-state index contributed by atoms with van der Waals surface area (Å²) in [6.45, 7) is 4.31. The van der Waals surface area contributed by atoms with Gasteiger partial charge in [0.1, 0.15) is 23.7 Å². The SMILES string of the molecule is Cc1cc(C(=O)COC(=O)c2ccccc2OCc2ccccc2)c(C)n1Cc1ccco1. The Morgan fingerprint density at radius 2 is 1.67 bits per heavy atom. The first-order valence-corrected chi connectivity index (χ1v) is 10.7. The number of hydrogen-bond acceptors (Lipinski definition) is 5. The van der Waals surface area contributed by atoms with Crippen LogP contribution in [0.4, 0.5) is 0 Å². The minimum absolute atomic E-state index is 0.259. The maximum Gasteiger partial charge on any atom is 0.342 e. The molecule has 6 heteroatoms. The van der Waals surface area contributed by atoms with Gasteiger partial charge in [-0.15, -0.1) is 0 Å². The van der Waals surface area contributed by atoms with Crippen LogP contribution in [0, 0.1) is 13.8 Å². The number of para-hydroxylation sites is 1. The second kappa shape index (κ2) is 10.0. The highest BCUT2D eigenvalue weighted by atomic mass is 16.5. The Hall–Kier alpha value is -4.06. The van der Waals surface area contributed by atoms with Crippen molar-refractivity contribution in [3.05, 3.63) is 113 Å². The van der Waals surface area contributed by atoms with E-state index in [1.165, 1.54) is 0 Å². The third kappa shape index (κ3) is 5.23. The maximum atomic E-state index is 12.8. The maximum absolute atomic E-state index is 12.8. The quantitative estimate of drug-likeness (QED) is 0.257. The first-order valence-electron chi connectivity index (χ1n) is 10.7. The number of esters is 1. The molecule has 4 rings (SSSR count). The highest BCUT2D eigenvalue weighted by Crippen LogP contribution is 2.22. The predicted molar refractivity (Wildman–Crippen MR) is 124 cm³/mol. The molecule has 0 aliphatic rings. The summed E-state index contributed by atoms with van der Waals surface area (Å²) in [5.41, 5.74) is 3.53. The van der Waals surface area contributed by atoms with Crippen LogP contribution in [0.2, 0.25) is 0 Å². The van der Waals surface area contributed by atoms with Gasteiger partial charge in [0.15, 0.2) is 6.61 Å². The van der Waals surface area contributed by atoms with Gasteiger partial charge in [-0.2, -0.15) is 0 Å². The molecule has 0 fully saturated rings. The molecule has 0 aliphatic heterocycles. The molecule has 4 aromatic rings. The molecule has 0 saturated carbocycles. The molecule has 0 bridgehead atoms. The number of ketones is 1. The predicted octanol–water partition coefficient (Wildman–Crippen LogP) is 5.36. The molecule has 6 nitrogen and oxygen atoms in total. The molecule has 2 heterocycles. The van der Waals surface area contributed by atoms with Gasteiger partial charge in [-0.1, -0.05) is 42.5 Å². The van der Waals surface area contributed by atoms with Crippen LogP contribution in [0.1, 0.15) is 43.4 Å². The van der Waals surface area contributed by atoms with Crippen molar-refractivity contribution in [2.45, 2.75) is 27.0 Å². The number of aromatic nitrogens is 1. The Kier molecular flexibility index (Phi) is 6.74. The summed E-state index contributed by atoms with van der Waals surface area (Å²) in [5, 5.41) is 0. The summed E-state index contributed by atoms with van der Waals surface area (Å²) in [4.78, 5) is 25.5. The number of nitrogens with zero attached hydrogens (tertiary/aromatic N) is 1. The molecule has 33 heavy (non-hydrogen) atoms. The van der Waals surface area contributed by atoms with Gasteiger partial charge in [0, 0.05) is 17.0 Å². The fourth-order valence-electron chi connectivity index (χ4n) is 3.67. The Balaban J connectivity index is 1.41. The number of aryl methyl sites for hydroxylation is 1. The molecular weight excluding hydrogens is 418 g/mol. The molecule has 0 unspecified atom stereocenters. The Bertz CT molecular complexity index is 1240. The van der Waals surface area contributed by atoms with Crippen molar-refractivity contribution in [1.29, 1.82) is 0 Å². The number of carbonyl (C=O) groups excluding carboxylic acids is 2. The van der Waals surface area contributed by atoms with Gasteiger partial charge in [0.25, 0.3) is 0 Å². The van der Waals surface area contributed by atoms with Gasteiger partial charge in [0.05, 0.1) is 12.8 Å². The van der Waals surface area contributed by atoms with E-state index in [9.17, 15) is 9.59 Å². The van der Waals surface area contributed by atoms with Crippen LogP contribution in [0.25, 0.3) is 0 Å². The standard InChI is InChI=1S/C27H25NO5/c1-19-15-24(20(2)28(19)16-22-11-8-14-31-22)25(29)18-33-27(30)23-12-6-7-13-26(23)32-17-21-9-4-3-5-10-21/h3-15H,16-18H2,1-2H3. The normalized spacial score (nSPS) is 10.7. The van der Waals surface area contributed by atoms with Crippen LogP contribution in [0.5, 0.6) is 5.75 Å². The monoisotopic (exact) mass is 443 g/mol. The van der Waals surface area contributed by atoms with Crippen LogP contribution in [0.3, 0.4) is 0 Å². The lowest BCUT2D eigenvalue weighted by Gasteiger charge is -2.11. The van der Waals surface area contributed by atoms with Crippen LogP contribution in [-0.2, 0) is 17.9 Å². The molecule has 0 radical (unpaired) electrons. The summed E-state index contributed by atoms with van der Waals surface area (Å²) >= 11 is 0. The van der Waals surface area contributed by atoms with E-state index in [1.54, 1.807) is 30.5 Å². The second-order valence-corrected chi connectivity index (χ2v) is 7.72. The molecule has 0 amide bonds. The minimum atomic E-state index is -0.601. The Morgan fingerprint density at radius 1 is 0.909 bits per heavy atom. The van der Waals surface area contributed by atoms with Gasteiger partial charge in [-0.3, -0.25) is 4.79 Å². The summed E-state index contributed by atoms with van der Waals surface area (Å²) in [7, 11) is 0. The number of hydrogen-bond donors (Lipinski definition) is 0. The lowest BCUT2D eigenvalue weighted by Crippen LogP contribution is -2.16. The van der Waals surface area contributed by atoms with E-state index in [4.69, 9.17) is 13.9 Å². The summed E-state index contributed by atoms with van der Waals surface area (Å²) in [5.74, 6) is 0.353. The zero-order chi connectivity index (χ0) is 23.2. The molecule has 0 aliphatic carbocycles. The first kappa shape index (κ1) is 22.1. The molecule has 168 valence electrons. The molecule has 0 saturated heterocycles. The number of ether oxygens (including phenoxy) is 2. The van der Waals surface area contributed by atoms with E-state index in [0.29, 0.717) is 24.5 Å². The molecule has 0 spiro atoms. The Morgan fingerprint density at radius 3 is 2.42 bits per heavy atom. The van der Waals surface area contributed by atoms with Crippen molar-refractivity contribution in [3.63, 3.8) is 0 Å². The Labute approximate surface area is 192 Å². The van der Waals surface area contributed by atoms with Crippen molar-refractivity contribution >= 4 is 11.8 Å². The largest absolute Gasteiger partial charge is 0.488 e. The van der Waals surface area contributed by atoms with Crippen LogP contribution in [-0.4, -0.2) is 22.9 Å². The van der Waals surface area contributed by atoms with Crippen LogP contribution in [0.15, 0.2) is 83.5 Å². The zero-order valence-electron chi connectivity index (χ0n) is 18.6. The molecular formula is C27H25NO5. The van der Waals surface area contributed by atoms with E-state index in [0.717, 1.165) is 22.7 Å². The van der Waals surface area contributed by atoms with E-state index in [1.807, 2.05) is 66.9 Å². The number of furan rings is 1. The van der Waals surface area contributed by atoms with Crippen molar-refractivity contribution in [2.24, 2.45) is 0 Å². The van der Waals surface area contributed by atoms with E-state index >= 15 is 0 Å². The summed E-state index contributed by atoms with van der Waals surface area (Å²) < 4.78 is 18.6. The lowest BCUT2D eigenvalue weighted by molar-refractivity contribution is 0.0470. The highest BCUT2D eigenvalue weighted by molar-refractivity contribution is 6.01. The van der Waals surface area contributed by atoms with Crippen LogP contribution >= 0.6 is 0 Å². The number of benzene rings is 2. The first-order chi connectivity index (χ1) is 16.0. The zero-order valence-corrected chi connectivity index (χ0v) is 18.6. The van der Waals surface area contributed by atoms with Crippen LogP contribution < -0.4 is 4.74 Å². The number of Topliss-reactive ketones (excluding diaryl/α,β-unsaturated/α-hetero) is 1. The van der Waals surface area contributed by atoms with Gasteiger partial charge < -0.3 is 18.5 Å². The summed E-state index contributed by atoms with van der Waals surface area (Å²) in [6, 6.07) is 22.1. The molecule has 2 aromatic heterocycles. The van der Waals surface area contributed by atoms with Gasteiger partial charge in [-0.25, -0.2) is 4.79 Å². The fraction of sp³-hybridized carbons (Fsp3) is 0.185. The van der Waals surface area contributed by atoms with Gasteiger partial charge in [-0.05, 0) is 49.7 Å². The van der Waals surface area contributed by atoms with Gasteiger partial charge >= 0.3 is 5.97 Å². The number of carbonyl (C=O) groups is 2. The highest BCUT2D eigenvalue weighted by Gasteiger charge is 2.20. The topological polar surface area (TPSA) is 70.7 Å². The van der Waals surface area contributed by atoms with Gasteiger partial charge in [0.2, 0.25) is 5.78 Å². The summed E-state index contributed by atoms with van der Waals surface area (Å²) in [6.07, 6.45) is 1.62. The lowest BCUT2D eigenvalue weighted by atomic mass is 10.1. The van der Waals surface area contributed by atoms with Crippen molar-refractivity contribution < 1.29 is 23.5 Å². The molecule has 0 atom stereocenters. The smallest absolute Gasteiger partial charge is 0.342 e. The van der Waals surface area contributed by atoms with Crippen molar-refractivity contribution in [3.8, 4) is 5.75 Å². The fourth-order valence-corrected chi connectivity index (χ4v) is 3.67.